The van der Waals surface area contributed by atoms with Crippen LogP contribution in [0.5, 0.6) is 0 Å². The van der Waals surface area contributed by atoms with Crippen LogP contribution in [0, 0.1) is 11.8 Å². The first-order valence-electron chi connectivity index (χ1n) is 6.66. The van der Waals surface area contributed by atoms with Gasteiger partial charge in [0.25, 0.3) is 0 Å². The van der Waals surface area contributed by atoms with E-state index in [9.17, 15) is 14.4 Å². The SMILES string of the molecule is COCCN1CC(C(=O)NC(C(=O)O)C(C)C)CC1=O. The number of ether oxygens (including phenoxy) is 1. The highest BCUT2D eigenvalue weighted by Gasteiger charge is 2.36. The lowest BCUT2D eigenvalue weighted by Crippen LogP contribution is -2.47. The van der Waals surface area contributed by atoms with Gasteiger partial charge in [-0.3, -0.25) is 9.59 Å². The van der Waals surface area contributed by atoms with Crippen LogP contribution in [0.3, 0.4) is 0 Å². The number of methoxy groups -OCH3 is 1. The van der Waals surface area contributed by atoms with Gasteiger partial charge in [-0.25, -0.2) is 4.79 Å². The van der Waals surface area contributed by atoms with Crippen LogP contribution < -0.4 is 5.32 Å². The number of carboxylic acids is 1. The van der Waals surface area contributed by atoms with Crippen molar-refractivity contribution < 1.29 is 24.2 Å². The smallest absolute Gasteiger partial charge is 0.326 e. The van der Waals surface area contributed by atoms with Gasteiger partial charge in [0.2, 0.25) is 11.8 Å². The number of hydrogen-bond acceptors (Lipinski definition) is 4. The summed E-state index contributed by atoms with van der Waals surface area (Å²) in [5, 5.41) is 11.6. The van der Waals surface area contributed by atoms with Crippen molar-refractivity contribution in [1.29, 1.82) is 0 Å². The number of hydrogen-bond donors (Lipinski definition) is 2. The van der Waals surface area contributed by atoms with Gasteiger partial charge in [-0.05, 0) is 5.92 Å². The third-order valence-electron chi connectivity index (χ3n) is 3.38. The van der Waals surface area contributed by atoms with Crippen LogP contribution in [0.2, 0.25) is 0 Å². The molecule has 2 atom stereocenters. The molecule has 1 saturated heterocycles. The molecule has 0 saturated carbocycles. The molecule has 1 rings (SSSR count). The molecule has 0 aromatic carbocycles. The van der Waals surface area contributed by atoms with Crippen LogP contribution in [-0.4, -0.2) is 60.6 Å². The third-order valence-corrected chi connectivity index (χ3v) is 3.38. The standard InChI is InChI=1S/C13H22N2O5/c1-8(2)11(13(18)19)14-12(17)9-6-10(16)15(7-9)4-5-20-3/h8-9,11H,4-7H2,1-3H3,(H,14,17)(H,18,19). The first-order valence-corrected chi connectivity index (χ1v) is 6.66. The Morgan fingerprint density at radius 1 is 1.50 bits per heavy atom. The maximum Gasteiger partial charge on any atom is 0.326 e. The summed E-state index contributed by atoms with van der Waals surface area (Å²) in [4.78, 5) is 36.4. The fourth-order valence-electron chi connectivity index (χ4n) is 2.15. The Kier molecular flexibility index (Phi) is 5.94. The van der Waals surface area contributed by atoms with Gasteiger partial charge in [-0.15, -0.1) is 0 Å². The molecule has 1 heterocycles. The summed E-state index contributed by atoms with van der Waals surface area (Å²) < 4.78 is 4.90. The minimum absolute atomic E-state index is 0.0985. The molecule has 2 N–H and O–H groups in total. The zero-order valence-electron chi connectivity index (χ0n) is 12.1. The number of amides is 2. The van der Waals surface area contributed by atoms with Gasteiger partial charge in [0, 0.05) is 26.6 Å². The molecule has 114 valence electrons. The van der Waals surface area contributed by atoms with Crippen LogP contribution in [0.25, 0.3) is 0 Å². The molecule has 7 nitrogen and oxygen atoms in total. The van der Waals surface area contributed by atoms with Gasteiger partial charge >= 0.3 is 5.97 Å². The van der Waals surface area contributed by atoms with E-state index in [0.717, 1.165) is 0 Å². The van der Waals surface area contributed by atoms with Gasteiger partial charge in [0.1, 0.15) is 6.04 Å². The number of carbonyl (C=O) groups is 3. The van der Waals surface area contributed by atoms with Gasteiger partial charge < -0.3 is 20.1 Å². The monoisotopic (exact) mass is 286 g/mol. The molecule has 2 unspecified atom stereocenters. The van der Waals surface area contributed by atoms with Crippen molar-refractivity contribution in [2.45, 2.75) is 26.3 Å². The fraction of sp³-hybridized carbons (Fsp3) is 0.769. The summed E-state index contributed by atoms with van der Waals surface area (Å²) >= 11 is 0. The number of likely N-dealkylation sites (tertiary alicyclic amines) is 1. The number of nitrogens with zero attached hydrogens (tertiary/aromatic N) is 1. The van der Waals surface area contributed by atoms with Gasteiger partial charge in [-0.2, -0.15) is 0 Å². The van der Waals surface area contributed by atoms with Crippen LogP contribution in [-0.2, 0) is 19.1 Å². The summed E-state index contributed by atoms with van der Waals surface area (Å²) in [7, 11) is 1.55. The molecule has 0 aromatic rings. The predicted molar refractivity (Wildman–Crippen MR) is 71.0 cm³/mol. The number of nitrogens with one attached hydrogen (secondary N) is 1. The van der Waals surface area contributed by atoms with E-state index >= 15 is 0 Å². The number of carboxylic acid groups (broad SMARTS) is 1. The van der Waals surface area contributed by atoms with Crippen molar-refractivity contribution in [3.05, 3.63) is 0 Å². The van der Waals surface area contributed by atoms with E-state index in [-0.39, 0.29) is 24.2 Å². The van der Waals surface area contributed by atoms with Crippen LogP contribution in [0.1, 0.15) is 20.3 Å². The Bertz CT molecular complexity index is 383. The van der Waals surface area contributed by atoms with Gasteiger partial charge in [0.15, 0.2) is 0 Å². The Labute approximate surface area is 118 Å². The molecule has 1 fully saturated rings. The topological polar surface area (TPSA) is 95.9 Å². The maximum absolute atomic E-state index is 12.0. The molecular weight excluding hydrogens is 264 g/mol. The lowest BCUT2D eigenvalue weighted by molar-refractivity contribution is -0.143. The molecule has 0 aliphatic carbocycles. The first kappa shape index (κ1) is 16.4. The maximum atomic E-state index is 12.0. The van der Waals surface area contributed by atoms with Crippen molar-refractivity contribution in [1.82, 2.24) is 10.2 Å². The lowest BCUT2D eigenvalue weighted by atomic mass is 10.0. The average molecular weight is 286 g/mol. The summed E-state index contributed by atoms with van der Waals surface area (Å²) in [6.45, 7) is 4.64. The first-order chi connectivity index (χ1) is 9.36. The van der Waals surface area contributed by atoms with E-state index in [1.54, 1.807) is 25.9 Å². The van der Waals surface area contributed by atoms with Crippen LogP contribution in [0.4, 0.5) is 0 Å². The van der Waals surface area contributed by atoms with E-state index in [4.69, 9.17) is 9.84 Å². The zero-order valence-corrected chi connectivity index (χ0v) is 12.1. The molecule has 20 heavy (non-hydrogen) atoms. The van der Waals surface area contributed by atoms with Crippen molar-refractivity contribution in [2.75, 3.05) is 26.8 Å². The van der Waals surface area contributed by atoms with Crippen molar-refractivity contribution in [3.8, 4) is 0 Å². The second kappa shape index (κ2) is 7.23. The highest BCUT2D eigenvalue weighted by Crippen LogP contribution is 2.18. The van der Waals surface area contributed by atoms with Gasteiger partial charge in [0.05, 0.1) is 12.5 Å². The second-order valence-electron chi connectivity index (χ2n) is 5.30. The molecule has 1 aliphatic heterocycles. The number of rotatable bonds is 7. The molecule has 0 aromatic heterocycles. The molecule has 1 aliphatic rings. The molecule has 7 heteroatoms. The largest absolute Gasteiger partial charge is 0.480 e. The third kappa shape index (κ3) is 4.19. The fourth-order valence-corrected chi connectivity index (χ4v) is 2.15. The Hall–Kier alpha value is -1.63. The summed E-state index contributed by atoms with van der Waals surface area (Å²) in [5.74, 6) is -2.23. The van der Waals surface area contributed by atoms with E-state index in [1.165, 1.54) is 0 Å². The lowest BCUT2D eigenvalue weighted by Gasteiger charge is -2.20. The Morgan fingerprint density at radius 2 is 2.15 bits per heavy atom. The number of aliphatic carboxylic acids is 1. The van der Waals surface area contributed by atoms with E-state index < -0.39 is 17.9 Å². The van der Waals surface area contributed by atoms with E-state index in [2.05, 4.69) is 5.32 Å². The van der Waals surface area contributed by atoms with Crippen molar-refractivity contribution >= 4 is 17.8 Å². The van der Waals surface area contributed by atoms with Crippen LogP contribution >= 0.6 is 0 Å². The Balaban J connectivity index is 2.56. The highest BCUT2D eigenvalue weighted by molar-refractivity contribution is 5.91. The summed E-state index contributed by atoms with van der Waals surface area (Å²) in [5.41, 5.74) is 0. The van der Waals surface area contributed by atoms with Gasteiger partial charge in [-0.1, -0.05) is 13.8 Å². The quantitative estimate of drug-likeness (QED) is 0.670. The minimum Gasteiger partial charge on any atom is -0.480 e. The van der Waals surface area contributed by atoms with Crippen LogP contribution in [0.15, 0.2) is 0 Å². The summed E-state index contributed by atoms with van der Waals surface area (Å²) in [6.07, 6.45) is 0.125. The molecule has 0 radical (unpaired) electrons. The Morgan fingerprint density at radius 3 is 2.65 bits per heavy atom. The van der Waals surface area contributed by atoms with E-state index in [1.807, 2.05) is 0 Å². The zero-order chi connectivity index (χ0) is 15.3. The minimum atomic E-state index is -1.06. The normalized spacial score (nSPS) is 20.3. The molecule has 2 amide bonds. The van der Waals surface area contributed by atoms with Crippen molar-refractivity contribution in [3.63, 3.8) is 0 Å². The van der Waals surface area contributed by atoms with Crippen molar-refractivity contribution in [2.24, 2.45) is 11.8 Å². The molecule has 0 bridgehead atoms. The predicted octanol–water partition coefficient (Wildman–Crippen LogP) is -0.293. The summed E-state index contributed by atoms with van der Waals surface area (Å²) in [6, 6.07) is -0.925. The molecular formula is C13H22N2O5. The highest BCUT2D eigenvalue weighted by atomic mass is 16.5. The average Bonchev–Trinajstić information content (AvgIpc) is 2.73. The molecule has 0 spiro atoms. The number of carbonyl (C=O) groups excluding carboxylic acids is 2. The second-order valence-corrected chi connectivity index (χ2v) is 5.30. The van der Waals surface area contributed by atoms with E-state index in [0.29, 0.717) is 19.7 Å².